The highest BCUT2D eigenvalue weighted by Crippen LogP contribution is 2.64. The van der Waals surface area contributed by atoms with E-state index in [9.17, 15) is 0 Å². The van der Waals surface area contributed by atoms with Crippen LogP contribution in [0.5, 0.6) is 0 Å². The summed E-state index contributed by atoms with van der Waals surface area (Å²) >= 11 is 0. The van der Waals surface area contributed by atoms with Crippen molar-refractivity contribution in [2.45, 2.75) is 46.0 Å². The van der Waals surface area contributed by atoms with E-state index in [0.29, 0.717) is 0 Å². The fraction of sp³-hybridized carbons (Fsp3) is 0.143. The maximum absolute atomic E-state index is 5.39. The highest BCUT2D eigenvalue weighted by Gasteiger charge is 2.53. The van der Waals surface area contributed by atoms with Crippen LogP contribution in [0.15, 0.2) is 163 Å². The number of benzene rings is 5. The number of aromatic nitrogens is 2. The third-order valence-electron chi connectivity index (χ3n) is 10.4. The van der Waals surface area contributed by atoms with E-state index >= 15 is 0 Å². The Hall–Kier alpha value is -5.86. The summed E-state index contributed by atoms with van der Waals surface area (Å²) in [7, 11) is 0. The van der Waals surface area contributed by atoms with Gasteiger partial charge < -0.3 is 0 Å². The topological polar surface area (TPSA) is 25.8 Å². The summed E-state index contributed by atoms with van der Waals surface area (Å²) < 4.78 is 0. The minimum Gasteiger partial charge on any atom is -0.228 e. The zero-order valence-electron chi connectivity index (χ0n) is 29.8. The van der Waals surface area contributed by atoms with Crippen LogP contribution >= 0.6 is 0 Å². The predicted molar refractivity (Wildman–Crippen MR) is 215 cm³/mol. The average Bonchev–Trinajstić information content (AvgIpc) is 3.65. The SMILES string of the molecule is C/C=C\C(=C/CC)c1nc(-c2cccc(-c3ccccc3)c2)cc(-c2cccc3c2-c2ccccc2C32C(=C/CC)/C(=C\C)c3ccccc32)n1. The molecule has 0 fully saturated rings. The predicted octanol–water partition coefficient (Wildman–Crippen LogP) is 12.9. The van der Waals surface area contributed by atoms with Crippen molar-refractivity contribution in [2.75, 3.05) is 0 Å². The molecule has 2 nitrogen and oxygen atoms in total. The van der Waals surface area contributed by atoms with Crippen molar-refractivity contribution >= 4 is 11.1 Å². The van der Waals surface area contributed by atoms with Crippen LogP contribution in [-0.2, 0) is 5.41 Å². The molecular formula is C49H42N2. The van der Waals surface area contributed by atoms with Gasteiger partial charge in [-0.05, 0) is 94.5 Å². The molecule has 1 unspecified atom stereocenters. The van der Waals surface area contributed by atoms with Gasteiger partial charge in [0.05, 0.1) is 16.8 Å². The molecule has 0 aliphatic heterocycles. The van der Waals surface area contributed by atoms with E-state index in [-0.39, 0.29) is 0 Å². The molecule has 2 heteroatoms. The van der Waals surface area contributed by atoms with E-state index in [2.05, 4.69) is 185 Å². The van der Waals surface area contributed by atoms with Crippen molar-refractivity contribution in [2.24, 2.45) is 0 Å². The lowest BCUT2D eigenvalue weighted by Crippen LogP contribution is -2.26. The molecule has 2 aliphatic rings. The van der Waals surface area contributed by atoms with Crippen LogP contribution in [0, 0.1) is 0 Å². The van der Waals surface area contributed by atoms with Gasteiger partial charge in [-0.1, -0.05) is 159 Å². The van der Waals surface area contributed by atoms with E-state index < -0.39 is 5.41 Å². The van der Waals surface area contributed by atoms with Gasteiger partial charge in [0.2, 0.25) is 0 Å². The third-order valence-corrected chi connectivity index (χ3v) is 10.4. The molecule has 1 heterocycles. The van der Waals surface area contributed by atoms with E-state index in [1.165, 1.54) is 55.7 Å². The Balaban J connectivity index is 1.42. The van der Waals surface area contributed by atoms with Gasteiger partial charge >= 0.3 is 0 Å². The molecule has 1 spiro atoms. The summed E-state index contributed by atoms with van der Waals surface area (Å²) in [5.74, 6) is 0.736. The van der Waals surface area contributed by atoms with E-state index in [1.54, 1.807) is 0 Å². The summed E-state index contributed by atoms with van der Waals surface area (Å²) in [5.41, 5.74) is 17.5. The van der Waals surface area contributed by atoms with E-state index in [0.717, 1.165) is 46.8 Å². The molecule has 0 radical (unpaired) electrons. The minimum atomic E-state index is -0.405. The Bertz CT molecular complexity index is 2410. The molecule has 1 atom stereocenters. The highest BCUT2D eigenvalue weighted by atomic mass is 14.9. The lowest BCUT2D eigenvalue weighted by molar-refractivity contribution is 0.789. The normalized spacial score (nSPS) is 17.8. The second kappa shape index (κ2) is 13.5. The lowest BCUT2D eigenvalue weighted by Gasteiger charge is -2.31. The maximum Gasteiger partial charge on any atom is 0.160 e. The molecule has 0 saturated heterocycles. The van der Waals surface area contributed by atoms with Crippen molar-refractivity contribution in [1.29, 1.82) is 0 Å². The van der Waals surface area contributed by atoms with E-state index in [1.807, 2.05) is 0 Å². The van der Waals surface area contributed by atoms with Crippen LogP contribution < -0.4 is 0 Å². The van der Waals surface area contributed by atoms with Crippen molar-refractivity contribution in [3.63, 3.8) is 0 Å². The summed E-state index contributed by atoms with van der Waals surface area (Å²) in [5, 5.41) is 0. The highest BCUT2D eigenvalue weighted by molar-refractivity contribution is 6.03. The fourth-order valence-corrected chi connectivity index (χ4v) is 8.42. The molecule has 0 bridgehead atoms. The maximum atomic E-state index is 5.39. The van der Waals surface area contributed by atoms with Crippen molar-refractivity contribution in [3.8, 4) is 44.8 Å². The quantitative estimate of drug-likeness (QED) is 0.160. The van der Waals surface area contributed by atoms with Crippen molar-refractivity contribution in [1.82, 2.24) is 9.97 Å². The van der Waals surface area contributed by atoms with Crippen molar-refractivity contribution in [3.05, 3.63) is 191 Å². The Morgan fingerprint density at radius 3 is 1.96 bits per heavy atom. The van der Waals surface area contributed by atoms with Gasteiger partial charge in [-0.3, -0.25) is 0 Å². The molecule has 0 N–H and O–H groups in total. The van der Waals surface area contributed by atoms with Crippen LogP contribution in [0.4, 0.5) is 0 Å². The summed E-state index contributed by atoms with van der Waals surface area (Å²) in [6.45, 7) is 8.64. The summed E-state index contributed by atoms with van der Waals surface area (Å²) in [6.07, 6.45) is 13.0. The second-order valence-corrected chi connectivity index (χ2v) is 13.3. The minimum absolute atomic E-state index is 0.405. The molecule has 5 aromatic carbocycles. The molecule has 1 aromatic heterocycles. The molecule has 51 heavy (non-hydrogen) atoms. The summed E-state index contributed by atoms with van der Waals surface area (Å²) in [4.78, 5) is 10.6. The zero-order chi connectivity index (χ0) is 35.0. The van der Waals surface area contributed by atoms with Crippen LogP contribution in [0.1, 0.15) is 68.6 Å². The molecule has 248 valence electrons. The lowest BCUT2D eigenvalue weighted by atomic mass is 9.70. The molecule has 0 saturated carbocycles. The first-order valence-corrected chi connectivity index (χ1v) is 18.2. The van der Waals surface area contributed by atoms with Crippen LogP contribution in [0.2, 0.25) is 0 Å². The van der Waals surface area contributed by atoms with E-state index in [4.69, 9.17) is 9.97 Å². The largest absolute Gasteiger partial charge is 0.228 e. The smallest absolute Gasteiger partial charge is 0.160 e. The van der Waals surface area contributed by atoms with Gasteiger partial charge in [-0.15, -0.1) is 0 Å². The second-order valence-electron chi connectivity index (χ2n) is 13.3. The molecular weight excluding hydrogens is 617 g/mol. The number of rotatable bonds is 7. The standard InChI is InChI=1S/C49H42N2/c1-5-18-34(19-6-2)48-50-45(36-24-16-23-35(31-36)33-21-10-9-11-22-33)32-46(51-48)40-27-17-30-44-47(40)39-26-13-15-29-43(39)49(44)41(20-7-3)37(8-4)38-25-12-14-28-42(38)49/h5,8-32H,6-7H2,1-4H3/b18-5-,34-19+,37-8-,41-20+. The molecule has 8 rings (SSSR count). The van der Waals surface area contributed by atoms with Gasteiger partial charge in [0.15, 0.2) is 5.82 Å². The fourth-order valence-electron chi connectivity index (χ4n) is 8.42. The third kappa shape index (κ3) is 5.17. The monoisotopic (exact) mass is 658 g/mol. The number of fused-ring (bicyclic) bond motifs is 7. The van der Waals surface area contributed by atoms with Gasteiger partial charge in [-0.25, -0.2) is 9.97 Å². The first-order chi connectivity index (χ1) is 25.1. The Kier molecular flexibility index (Phi) is 8.53. The number of allylic oxidation sites excluding steroid dienone is 8. The number of hydrogen-bond acceptors (Lipinski definition) is 2. The Morgan fingerprint density at radius 2 is 1.22 bits per heavy atom. The average molecular weight is 659 g/mol. The number of hydrogen-bond donors (Lipinski definition) is 0. The first kappa shape index (κ1) is 32.4. The summed E-state index contributed by atoms with van der Waals surface area (Å²) in [6, 6.07) is 46.3. The van der Waals surface area contributed by atoms with Crippen LogP contribution in [-0.4, -0.2) is 9.97 Å². The van der Waals surface area contributed by atoms with Crippen LogP contribution in [0.3, 0.4) is 0 Å². The zero-order valence-corrected chi connectivity index (χ0v) is 29.8. The number of nitrogens with zero attached hydrogens (tertiary/aromatic N) is 2. The Morgan fingerprint density at radius 1 is 0.588 bits per heavy atom. The van der Waals surface area contributed by atoms with Gasteiger partial charge in [0, 0.05) is 16.7 Å². The van der Waals surface area contributed by atoms with Gasteiger partial charge in [0.25, 0.3) is 0 Å². The van der Waals surface area contributed by atoms with Gasteiger partial charge in [-0.2, -0.15) is 0 Å². The molecule has 2 aliphatic carbocycles. The molecule has 0 amide bonds. The Labute approximate surface area is 302 Å². The van der Waals surface area contributed by atoms with Crippen molar-refractivity contribution < 1.29 is 0 Å². The van der Waals surface area contributed by atoms with Gasteiger partial charge in [0.1, 0.15) is 0 Å². The first-order valence-electron chi connectivity index (χ1n) is 18.2. The molecule has 6 aromatic rings. The van der Waals surface area contributed by atoms with Crippen LogP contribution in [0.25, 0.3) is 55.9 Å².